The third-order valence-electron chi connectivity index (χ3n) is 3.89. The number of aromatic hydroxyl groups is 1. The maximum absolute atomic E-state index is 12.0. The Balaban J connectivity index is 1.71. The predicted molar refractivity (Wildman–Crippen MR) is 107 cm³/mol. The minimum absolute atomic E-state index is 0.0156. The van der Waals surface area contributed by atoms with E-state index in [0.29, 0.717) is 71.8 Å². The zero-order valence-corrected chi connectivity index (χ0v) is 17.1. The summed E-state index contributed by atoms with van der Waals surface area (Å²) < 4.78 is 38.1. The first-order valence-corrected chi connectivity index (χ1v) is 9.97. The molecule has 1 atom stereocenters. The van der Waals surface area contributed by atoms with Crippen molar-refractivity contribution in [2.75, 3.05) is 84.6 Å². The van der Waals surface area contributed by atoms with Crippen molar-refractivity contribution >= 4 is 11.8 Å². The second-order valence-electron chi connectivity index (χ2n) is 6.29. The van der Waals surface area contributed by atoms with Crippen LogP contribution in [0.15, 0.2) is 24.3 Å². The lowest BCUT2D eigenvalue weighted by Crippen LogP contribution is -2.30. The van der Waals surface area contributed by atoms with Crippen LogP contribution in [0.3, 0.4) is 0 Å². The van der Waals surface area contributed by atoms with Crippen molar-refractivity contribution in [2.45, 2.75) is 6.10 Å². The van der Waals surface area contributed by atoms with Gasteiger partial charge in [-0.05, 0) is 24.3 Å². The Bertz CT molecular complexity index is 552. The Hall–Kier alpha value is -1.95. The second-order valence-corrected chi connectivity index (χ2v) is 6.29. The summed E-state index contributed by atoms with van der Waals surface area (Å²) in [5.41, 5.74) is 0.511. The van der Waals surface area contributed by atoms with Crippen LogP contribution in [-0.2, 0) is 33.2 Å². The first-order chi connectivity index (χ1) is 14.7. The molecule has 1 saturated heterocycles. The Kier molecular flexibility index (Phi) is 12.8. The van der Waals surface area contributed by atoms with Gasteiger partial charge in [0.05, 0.1) is 72.7 Å². The molecule has 1 aliphatic heterocycles. The molecule has 0 aliphatic carbocycles. The summed E-state index contributed by atoms with van der Waals surface area (Å²) >= 11 is 0. The van der Waals surface area contributed by atoms with E-state index in [1.807, 2.05) is 0 Å². The van der Waals surface area contributed by atoms with Gasteiger partial charge in [0.2, 0.25) is 0 Å². The van der Waals surface area contributed by atoms with Crippen molar-refractivity contribution in [3.63, 3.8) is 0 Å². The molecule has 10 heteroatoms. The summed E-state index contributed by atoms with van der Waals surface area (Å²) in [6.07, 6.45) is -1.07. The minimum Gasteiger partial charge on any atom is -0.508 e. The molecule has 0 radical (unpaired) electrons. The van der Waals surface area contributed by atoms with Crippen molar-refractivity contribution < 1.29 is 43.1 Å². The van der Waals surface area contributed by atoms with E-state index < -0.39 is 12.2 Å². The lowest BCUT2D eigenvalue weighted by molar-refractivity contribution is -0.0746. The predicted octanol–water partition coefficient (Wildman–Crippen LogP) is 1.42. The van der Waals surface area contributed by atoms with Gasteiger partial charge >= 0.3 is 6.09 Å². The molecule has 2 rings (SSSR count). The highest BCUT2D eigenvalue weighted by atomic mass is 16.6. The molecule has 0 saturated carbocycles. The van der Waals surface area contributed by atoms with Crippen LogP contribution in [0.4, 0.5) is 10.5 Å². The summed E-state index contributed by atoms with van der Waals surface area (Å²) in [7, 11) is 0. The highest BCUT2D eigenvalue weighted by Gasteiger charge is 2.14. The van der Waals surface area contributed by atoms with Crippen LogP contribution in [0.1, 0.15) is 0 Å². The number of hydrogen-bond acceptors (Lipinski definition) is 9. The second kappa shape index (κ2) is 15.8. The molecule has 30 heavy (non-hydrogen) atoms. The molecule has 10 nitrogen and oxygen atoms in total. The van der Waals surface area contributed by atoms with Crippen LogP contribution in [0.2, 0.25) is 0 Å². The molecular formula is C20H31NO9. The van der Waals surface area contributed by atoms with E-state index in [-0.39, 0.29) is 19.0 Å². The van der Waals surface area contributed by atoms with Crippen molar-refractivity contribution in [1.29, 1.82) is 0 Å². The number of ether oxygens (including phenoxy) is 7. The van der Waals surface area contributed by atoms with Gasteiger partial charge in [0, 0.05) is 5.69 Å². The summed E-state index contributed by atoms with van der Waals surface area (Å²) in [6.45, 7) is 4.73. The van der Waals surface area contributed by atoms with Crippen LogP contribution in [0, 0.1) is 0 Å². The topological polar surface area (TPSA) is 114 Å². The third-order valence-corrected chi connectivity index (χ3v) is 3.89. The first-order valence-electron chi connectivity index (χ1n) is 9.97. The van der Waals surface area contributed by atoms with E-state index in [0.717, 1.165) is 0 Å². The SMILES string of the molecule is O=C(Nc1ccc(O)cc1)OCC1COCCOCCOCCOCCOCCO1. The van der Waals surface area contributed by atoms with E-state index in [1.165, 1.54) is 12.1 Å². The number of benzene rings is 1. The highest BCUT2D eigenvalue weighted by Crippen LogP contribution is 2.13. The summed E-state index contributed by atoms with van der Waals surface area (Å²) in [6, 6.07) is 6.08. The van der Waals surface area contributed by atoms with Crippen LogP contribution in [-0.4, -0.2) is 96.6 Å². The van der Waals surface area contributed by atoms with Gasteiger partial charge in [-0.15, -0.1) is 0 Å². The zero-order valence-electron chi connectivity index (χ0n) is 17.1. The van der Waals surface area contributed by atoms with E-state index in [9.17, 15) is 9.90 Å². The number of hydrogen-bond donors (Lipinski definition) is 2. The molecule has 170 valence electrons. The molecular weight excluding hydrogens is 398 g/mol. The fourth-order valence-corrected chi connectivity index (χ4v) is 2.38. The Morgan fingerprint density at radius 1 is 0.833 bits per heavy atom. The molecule has 1 aromatic rings. The number of phenols is 1. The maximum atomic E-state index is 12.0. The standard InChI is InChI=1S/C20H31NO9/c22-18-3-1-17(2-4-18)21-20(23)30-16-19-15-28-12-11-26-8-7-24-5-6-25-9-10-27-13-14-29-19/h1-4,19,22H,5-16H2,(H,21,23). The van der Waals surface area contributed by atoms with Crippen molar-refractivity contribution in [3.05, 3.63) is 24.3 Å². The largest absolute Gasteiger partial charge is 0.508 e. The van der Waals surface area contributed by atoms with Crippen molar-refractivity contribution in [2.24, 2.45) is 0 Å². The maximum Gasteiger partial charge on any atom is 0.411 e. The van der Waals surface area contributed by atoms with Crippen molar-refractivity contribution in [3.8, 4) is 5.75 Å². The van der Waals surface area contributed by atoms with Gasteiger partial charge in [-0.1, -0.05) is 0 Å². The third kappa shape index (κ3) is 11.9. The number of phenolic OH excluding ortho intramolecular Hbond substituents is 1. The first kappa shape index (κ1) is 24.3. The van der Waals surface area contributed by atoms with E-state index in [4.69, 9.17) is 33.2 Å². The zero-order chi connectivity index (χ0) is 21.3. The van der Waals surface area contributed by atoms with Gasteiger partial charge in [0.25, 0.3) is 0 Å². The van der Waals surface area contributed by atoms with Crippen LogP contribution < -0.4 is 5.32 Å². The number of anilines is 1. The van der Waals surface area contributed by atoms with Gasteiger partial charge < -0.3 is 38.3 Å². The average Bonchev–Trinajstić information content (AvgIpc) is 2.74. The Labute approximate surface area is 176 Å². The lowest BCUT2D eigenvalue weighted by Gasteiger charge is -2.19. The highest BCUT2D eigenvalue weighted by molar-refractivity contribution is 5.84. The number of rotatable bonds is 3. The van der Waals surface area contributed by atoms with Crippen LogP contribution in [0.5, 0.6) is 5.75 Å². The Morgan fingerprint density at radius 2 is 1.33 bits per heavy atom. The Morgan fingerprint density at radius 3 is 1.90 bits per heavy atom. The number of amides is 1. The average molecular weight is 429 g/mol. The van der Waals surface area contributed by atoms with Gasteiger partial charge in [-0.2, -0.15) is 0 Å². The van der Waals surface area contributed by atoms with E-state index in [2.05, 4.69) is 5.32 Å². The molecule has 1 heterocycles. The summed E-state index contributed by atoms with van der Waals surface area (Å²) in [5, 5.41) is 11.9. The fraction of sp³-hybridized carbons (Fsp3) is 0.650. The molecule has 0 spiro atoms. The van der Waals surface area contributed by atoms with Gasteiger partial charge in [-0.3, -0.25) is 5.32 Å². The van der Waals surface area contributed by atoms with Gasteiger partial charge in [0.15, 0.2) is 0 Å². The van der Waals surface area contributed by atoms with E-state index >= 15 is 0 Å². The normalized spacial score (nSPS) is 21.1. The number of carbonyl (C=O) groups is 1. The monoisotopic (exact) mass is 429 g/mol. The van der Waals surface area contributed by atoms with E-state index in [1.54, 1.807) is 12.1 Å². The summed E-state index contributed by atoms with van der Waals surface area (Å²) in [4.78, 5) is 12.0. The molecule has 0 aromatic heterocycles. The van der Waals surface area contributed by atoms with Crippen molar-refractivity contribution in [1.82, 2.24) is 0 Å². The molecule has 0 bridgehead atoms. The molecule has 2 N–H and O–H groups in total. The molecule has 1 fully saturated rings. The van der Waals surface area contributed by atoms with Crippen LogP contribution >= 0.6 is 0 Å². The minimum atomic E-state index is -0.625. The molecule has 1 aliphatic rings. The number of nitrogens with one attached hydrogen (secondary N) is 1. The lowest BCUT2D eigenvalue weighted by atomic mass is 10.3. The number of carbonyl (C=O) groups excluding carboxylic acids is 1. The quantitative estimate of drug-likeness (QED) is 0.689. The molecule has 1 unspecified atom stereocenters. The van der Waals surface area contributed by atoms with Gasteiger partial charge in [-0.25, -0.2) is 4.79 Å². The smallest absolute Gasteiger partial charge is 0.411 e. The van der Waals surface area contributed by atoms with Crippen LogP contribution in [0.25, 0.3) is 0 Å². The molecule has 1 amide bonds. The molecule has 1 aromatic carbocycles. The van der Waals surface area contributed by atoms with Gasteiger partial charge in [0.1, 0.15) is 18.5 Å². The summed E-state index contributed by atoms with van der Waals surface area (Å²) in [5.74, 6) is 0.113. The fourth-order valence-electron chi connectivity index (χ4n) is 2.38.